The van der Waals surface area contributed by atoms with Crippen molar-refractivity contribution in [1.82, 2.24) is 0 Å². The second-order valence-electron chi connectivity index (χ2n) is 3.68. The Morgan fingerprint density at radius 1 is 1.50 bits per heavy atom. The highest BCUT2D eigenvalue weighted by Gasteiger charge is 2.32. The van der Waals surface area contributed by atoms with E-state index in [0.29, 0.717) is 4.47 Å². The lowest BCUT2D eigenvalue weighted by atomic mass is 10.2. The lowest BCUT2D eigenvalue weighted by Crippen LogP contribution is -2.34. The third-order valence-corrected chi connectivity index (χ3v) is 2.62. The lowest BCUT2D eigenvalue weighted by molar-refractivity contribution is -0.274. The Morgan fingerprint density at radius 3 is 2.65 bits per heavy atom. The summed E-state index contributed by atoms with van der Waals surface area (Å²) in [4.78, 5) is 10.9. The molecule has 0 saturated heterocycles. The van der Waals surface area contributed by atoms with Gasteiger partial charge in [-0.15, -0.1) is 13.2 Å². The smallest absolute Gasteiger partial charge is 0.480 e. The molecule has 0 aromatic heterocycles. The summed E-state index contributed by atoms with van der Waals surface area (Å²) < 4.78 is 45.8. The first-order valence-corrected chi connectivity index (χ1v) is 6.06. The Bertz CT molecular complexity index is 481. The van der Waals surface area contributed by atoms with Crippen LogP contribution < -0.4 is 10.1 Å². The molecule has 0 bridgehead atoms. The van der Waals surface area contributed by atoms with Crippen LogP contribution in [0.1, 0.15) is 0 Å². The summed E-state index contributed by atoms with van der Waals surface area (Å²) in [6.07, 6.45) is -4.88. The van der Waals surface area contributed by atoms with Gasteiger partial charge in [0.15, 0.2) is 5.75 Å². The molecule has 2 N–H and O–H groups in total. The van der Waals surface area contributed by atoms with Crippen LogP contribution in [0, 0.1) is 0 Å². The summed E-state index contributed by atoms with van der Waals surface area (Å²) >= 11 is 3.01. The van der Waals surface area contributed by atoms with Gasteiger partial charge < -0.3 is 19.9 Å². The zero-order valence-corrected chi connectivity index (χ0v) is 11.8. The molecule has 112 valence electrons. The predicted molar refractivity (Wildman–Crippen MR) is 67.7 cm³/mol. The standard InChI is InChI=1S/C11H11BrF3NO4/c1-19-5-8(10(17)18)16-7-3-2-6(12)4-9(7)20-11(13,14)15/h2-4,8,16H,5H2,1H3,(H,17,18). The van der Waals surface area contributed by atoms with E-state index >= 15 is 0 Å². The Hall–Kier alpha value is -1.48. The molecule has 0 spiro atoms. The minimum Gasteiger partial charge on any atom is -0.480 e. The number of rotatable bonds is 6. The number of nitrogens with one attached hydrogen (secondary N) is 1. The average Bonchev–Trinajstić information content (AvgIpc) is 2.29. The van der Waals surface area contributed by atoms with Crippen molar-refractivity contribution in [2.45, 2.75) is 12.4 Å². The number of carboxylic acids is 1. The van der Waals surface area contributed by atoms with Gasteiger partial charge in [-0.3, -0.25) is 0 Å². The number of benzene rings is 1. The molecule has 0 amide bonds. The zero-order chi connectivity index (χ0) is 15.3. The molecule has 0 aliphatic carbocycles. The Balaban J connectivity index is 3.01. The number of aliphatic carboxylic acids is 1. The molecule has 0 saturated carbocycles. The second-order valence-corrected chi connectivity index (χ2v) is 4.59. The number of carboxylic acid groups (broad SMARTS) is 1. The SMILES string of the molecule is COCC(Nc1ccc(Br)cc1OC(F)(F)F)C(=O)O. The molecule has 1 rings (SSSR count). The van der Waals surface area contributed by atoms with Gasteiger partial charge in [-0.2, -0.15) is 0 Å². The summed E-state index contributed by atoms with van der Waals surface area (Å²) in [5.74, 6) is -1.79. The van der Waals surface area contributed by atoms with E-state index in [0.717, 1.165) is 6.07 Å². The Labute approximate surface area is 120 Å². The predicted octanol–water partition coefficient (Wildman–Crippen LogP) is 2.86. The van der Waals surface area contributed by atoms with Crippen molar-refractivity contribution in [3.05, 3.63) is 22.7 Å². The quantitative estimate of drug-likeness (QED) is 0.819. The van der Waals surface area contributed by atoms with Crippen LogP contribution in [0.5, 0.6) is 5.75 Å². The van der Waals surface area contributed by atoms with Crippen LogP contribution in [0.3, 0.4) is 0 Å². The first kappa shape index (κ1) is 16.6. The van der Waals surface area contributed by atoms with E-state index in [1.165, 1.54) is 19.2 Å². The van der Waals surface area contributed by atoms with Gasteiger partial charge in [0.25, 0.3) is 0 Å². The number of ether oxygens (including phenoxy) is 2. The van der Waals surface area contributed by atoms with Crippen molar-refractivity contribution < 1.29 is 32.5 Å². The van der Waals surface area contributed by atoms with Crippen molar-refractivity contribution in [3.63, 3.8) is 0 Å². The number of halogens is 4. The molecule has 1 aromatic carbocycles. The molecular formula is C11H11BrF3NO4. The van der Waals surface area contributed by atoms with E-state index in [1.54, 1.807) is 0 Å². The van der Waals surface area contributed by atoms with Gasteiger partial charge in [0.2, 0.25) is 0 Å². The average molecular weight is 358 g/mol. The van der Waals surface area contributed by atoms with Gasteiger partial charge in [0, 0.05) is 11.6 Å². The summed E-state index contributed by atoms with van der Waals surface area (Å²) in [5.41, 5.74) is -0.102. The minimum atomic E-state index is -4.88. The van der Waals surface area contributed by atoms with E-state index in [-0.39, 0.29) is 12.3 Å². The first-order valence-electron chi connectivity index (χ1n) is 5.26. The molecule has 1 aromatic rings. The maximum atomic E-state index is 12.3. The first-order chi connectivity index (χ1) is 9.23. The fraction of sp³-hybridized carbons (Fsp3) is 0.364. The third-order valence-electron chi connectivity index (χ3n) is 2.13. The molecule has 0 radical (unpaired) electrons. The molecule has 0 fully saturated rings. The highest BCUT2D eigenvalue weighted by Crippen LogP contribution is 2.33. The van der Waals surface area contributed by atoms with Gasteiger partial charge in [0.05, 0.1) is 12.3 Å². The van der Waals surface area contributed by atoms with Crippen molar-refractivity contribution in [3.8, 4) is 5.75 Å². The summed E-state index contributed by atoms with van der Waals surface area (Å²) in [7, 11) is 1.28. The van der Waals surface area contributed by atoms with E-state index < -0.39 is 24.1 Å². The number of carbonyl (C=O) groups is 1. The van der Waals surface area contributed by atoms with Crippen LogP contribution in [0.4, 0.5) is 18.9 Å². The maximum Gasteiger partial charge on any atom is 0.573 e. The Kier molecular flexibility index (Phi) is 5.63. The summed E-state index contributed by atoms with van der Waals surface area (Å²) in [6.45, 7) is -0.211. The van der Waals surface area contributed by atoms with Gasteiger partial charge in [-0.1, -0.05) is 15.9 Å². The normalized spacial score (nSPS) is 12.8. The largest absolute Gasteiger partial charge is 0.573 e. The summed E-state index contributed by atoms with van der Waals surface area (Å²) in [5, 5.41) is 11.4. The minimum absolute atomic E-state index is 0.102. The summed E-state index contributed by atoms with van der Waals surface area (Å²) in [6, 6.07) is 2.62. The van der Waals surface area contributed by atoms with E-state index in [2.05, 4.69) is 30.7 Å². The van der Waals surface area contributed by atoms with E-state index in [4.69, 9.17) is 5.11 Å². The monoisotopic (exact) mass is 357 g/mol. The number of anilines is 1. The molecule has 0 aliphatic rings. The van der Waals surface area contributed by atoms with Crippen LogP contribution in [-0.2, 0) is 9.53 Å². The number of hydrogen-bond acceptors (Lipinski definition) is 4. The van der Waals surface area contributed by atoms with E-state index in [1.807, 2.05) is 0 Å². The van der Waals surface area contributed by atoms with E-state index in [9.17, 15) is 18.0 Å². The molecule has 0 heterocycles. The molecule has 20 heavy (non-hydrogen) atoms. The molecular weight excluding hydrogens is 347 g/mol. The maximum absolute atomic E-state index is 12.3. The molecule has 1 unspecified atom stereocenters. The molecule has 9 heteroatoms. The van der Waals surface area contributed by atoms with Gasteiger partial charge in [-0.05, 0) is 18.2 Å². The lowest BCUT2D eigenvalue weighted by Gasteiger charge is -2.18. The number of methoxy groups -OCH3 is 1. The van der Waals surface area contributed by atoms with Crippen LogP contribution in [0.15, 0.2) is 22.7 Å². The fourth-order valence-corrected chi connectivity index (χ4v) is 1.69. The highest BCUT2D eigenvalue weighted by atomic mass is 79.9. The van der Waals surface area contributed by atoms with Crippen LogP contribution in [0.2, 0.25) is 0 Å². The molecule has 5 nitrogen and oxygen atoms in total. The highest BCUT2D eigenvalue weighted by molar-refractivity contribution is 9.10. The van der Waals surface area contributed by atoms with Crippen LogP contribution >= 0.6 is 15.9 Å². The zero-order valence-electron chi connectivity index (χ0n) is 10.2. The second kappa shape index (κ2) is 6.80. The fourth-order valence-electron chi connectivity index (χ4n) is 1.35. The van der Waals surface area contributed by atoms with Crippen molar-refractivity contribution in [2.75, 3.05) is 19.0 Å². The molecule has 0 aliphatic heterocycles. The van der Waals surface area contributed by atoms with Crippen molar-refractivity contribution in [2.24, 2.45) is 0 Å². The van der Waals surface area contributed by atoms with Crippen molar-refractivity contribution in [1.29, 1.82) is 0 Å². The van der Waals surface area contributed by atoms with Crippen molar-refractivity contribution >= 4 is 27.6 Å². The molecule has 1 atom stereocenters. The van der Waals surface area contributed by atoms with Gasteiger partial charge >= 0.3 is 12.3 Å². The topological polar surface area (TPSA) is 67.8 Å². The Morgan fingerprint density at radius 2 is 2.15 bits per heavy atom. The van der Waals surface area contributed by atoms with Crippen LogP contribution in [-0.4, -0.2) is 37.2 Å². The number of alkyl halides is 3. The van der Waals surface area contributed by atoms with Crippen LogP contribution in [0.25, 0.3) is 0 Å². The van der Waals surface area contributed by atoms with Gasteiger partial charge in [0.1, 0.15) is 6.04 Å². The third kappa shape index (κ3) is 5.25. The van der Waals surface area contributed by atoms with Gasteiger partial charge in [-0.25, -0.2) is 4.79 Å². The number of hydrogen-bond donors (Lipinski definition) is 2.